The van der Waals surface area contributed by atoms with Crippen LogP contribution in [0.3, 0.4) is 0 Å². The molecule has 0 fully saturated rings. The van der Waals surface area contributed by atoms with Crippen LogP contribution < -0.4 is 0 Å². The first kappa shape index (κ1) is 14.8. The van der Waals surface area contributed by atoms with E-state index in [1.54, 1.807) is 27.7 Å². The number of fused-ring (bicyclic) bond motifs is 1. The van der Waals surface area contributed by atoms with E-state index in [0.29, 0.717) is 17.8 Å². The fraction of sp³-hybridized carbons (Fsp3) is 0.571. The van der Waals surface area contributed by atoms with Crippen molar-refractivity contribution in [3.8, 4) is 0 Å². The summed E-state index contributed by atoms with van der Waals surface area (Å²) in [6.45, 7) is 7.21. The van der Waals surface area contributed by atoms with Gasteiger partial charge in [0.1, 0.15) is 5.60 Å². The molecule has 20 heavy (non-hydrogen) atoms. The van der Waals surface area contributed by atoms with Crippen molar-refractivity contribution in [1.29, 1.82) is 0 Å². The summed E-state index contributed by atoms with van der Waals surface area (Å²) in [5, 5.41) is 11.5. The van der Waals surface area contributed by atoms with Gasteiger partial charge in [-0.05, 0) is 51.1 Å². The highest BCUT2D eigenvalue weighted by atomic mass is 32.1. The second-order valence-corrected chi connectivity index (χ2v) is 6.95. The predicted molar refractivity (Wildman–Crippen MR) is 76.0 cm³/mol. The molecule has 110 valence electrons. The lowest BCUT2D eigenvalue weighted by molar-refractivity contribution is -0.151. The monoisotopic (exact) mass is 297 g/mol. The van der Waals surface area contributed by atoms with Crippen LogP contribution in [0.15, 0.2) is 11.4 Å². The minimum absolute atomic E-state index is 0.349. The van der Waals surface area contributed by atoms with Gasteiger partial charge < -0.3 is 9.84 Å². The number of carbonyl (C=O) groups is 2. The highest BCUT2D eigenvalue weighted by Crippen LogP contribution is 2.39. The van der Waals surface area contributed by atoms with E-state index < -0.39 is 23.2 Å². The minimum Gasteiger partial charge on any atom is -0.479 e. The molecule has 0 aliphatic carbocycles. The van der Waals surface area contributed by atoms with Crippen LogP contribution in [0.5, 0.6) is 0 Å². The van der Waals surface area contributed by atoms with Crippen LogP contribution in [-0.2, 0) is 21.5 Å². The van der Waals surface area contributed by atoms with Gasteiger partial charge in [0.25, 0.3) is 0 Å². The lowest BCUT2D eigenvalue weighted by atomic mass is 9.89. The Kier molecular flexibility index (Phi) is 3.54. The van der Waals surface area contributed by atoms with E-state index in [1.807, 2.05) is 11.4 Å². The van der Waals surface area contributed by atoms with Crippen molar-refractivity contribution in [2.75, 3.05) is 6.54 Å². The molecular weight excluding hydrogens is 278 g/mol. The molecule has 1 amide bonds. The summed E-state index contributed by atoms with van der Waals surface area (Å²) in [5.41, 5.74) is -1.00. The average Bonchev–Trinajstić information content (AvgIpc) is 2.75. The molecule has 0 saturated carbocycles. The molecule has 1 aromatic rings. The van der Waals surface area contributed by atoms with E-state index in [1.165, 1.54) is 16.2 Å². The van der Waals surface area contributed by atoms with Crippen molar-refractivity contribution in [2.24, 2.45) is 0 Å². The van der Waals surface area contributed by atoms with Gasteiger partial charge in [-0.2, -0.15) is 0 Å². The number of carboxylic acid groups (broad SMARTS) is 1. The fourth-order valence-electron chi connectivity index (χ4n) is 2.34. The number of hydrogen-bond acceptors (Lipinski definition) is 4. The van der Waals surface area contributed by atoms with Crippen LogP contribution in [0.1, 0.15) is 38.1 Å². The van der Waals surface area contributed by atoms with Crippen molar-refractivity contribution in [3.63, 3.8) is 0 Å². The van der Waals surface area contributed by atoms with Crippen molar-refractivity contribution in [2.45, 2.75) is 45.3 Å². The summed E-state index contributed by atoms with van der Waals surface area (Å²) < 4.78 is 5.34. The van der Waals surface area contributed by atoms with Crippen LogP contribution in [0.25, 0.3) is 0 Å². The Balaban J connectivity index is 2.40. The zero-order valence-electron chi connectivity index (χ0n) is 12.1. The highest BCUT2D eigenvalue weighted by Gasteiger charge is 2.49. The molecule has 1 unspecified atom stereocenters. The predicted octanol–water partition coefficient (Wildman–Crippen LogP) is 2.84. The van der Waals surface area contributed by atoms with Crippen LogP contribution in [0.2, 0.25) is 0 Å². The van der Waals surface area contributed by atoms with Gasteiger partial charge >= 0.3 is 12.1 Å². The van der Waals surface area contributed by atoms with Gasteiger partial charge in [-0.1, -0.05) is 0 Å². The van der Waals surface area contributed by atoms with Gasteiger partial charge in [0.2, 0.25) is 0 Å². The quantitative estimate of drug-likeness (QED) is 0.865. The fourth-order valence-corrected chi connectivity index (χ4v) is 3.46. The number of rotatable bonds is 1. The van der Waals surface area contributed by atoms with E-state index in [-0.39, 0.29) is 0 Å². The first-order chi connectivity index (χ1) is 9.16. The molecule has 0 spiro atoms. The second-order valence-electron chi connectivity index (χ2n) is 6.03. The van der Waals surface area contributed by atoms with Crippen LogP contribution in [0, 0.1) is 0 Å². The SMILES string of the molecule is CC(C)(C)OC(=O)N1CCc2ccsc2C1(C)C(=O)O. The molecule has 1 N–H and O–H groups in total. The lowest BCUT2D eigenvalue weighted by Gasteiger charge is -2.41. The third-order valence-electron chi connectivity index (χ3n) is 3.36. The van der Waals surface area contributed by atoms with E-state index in [4.69, 9.17) is 4.74 Å². The maximum absolute atomic E-state index is 12.3. The largest absolute Gasteiger partial charge is 0.479 e. The van der Waals surface area contributed by atoms with Crippen molar-refractivity contribution < 1.29 is 19.4 Å². The third-order valence-corrected chi connectivity index (χ3v) is 4.53. The minimum atomic E-state index is -1.36. The number of nitrogens with zero attached hydrogens (tertiary/aromatic N) is 1. The first-order valence-electron chi connectivity index (χ1n) is 6.47. The first-order valence-corrected chi connectivity index (χ1v) is 7.35. The van der Waals surface area contributed by atoms with Crippen LogP contribution in [0.4, 0.5) is 4.79 Å². The van der Waals surface area contributed by atoms with Crippen LogP contribution >= 0.6 is 11.3 Å². The number of hydrogen-bond donors (Lipinski definition) is 1. The molecule has 1 atom stereocenters. The maximum atomic E-state index is 12.3. The van der Waals surface area contributed by atoms with E-state index >= 15 is 0 Å². The Labute approximate surface area is 122 Å². The molecule has 0 aromatic carbocycles. The smallest absolute Gasteiger partial charge is 0.411 e. The topological polar surface area (TPSA) is 66.8 Å². The molecule has 0 bridgehead atoms. The van der Waals surface area contributed by atoms with Crippen molar-refractivity contribution >= 4 is 23.4 Å². The summed E-state index contributed by atoms with van der Waals surface area (Å²) in [6, 6.07) is 1.92. The molecule has 2 heterocycles. The second kappa shape index (κ2) is 4.77. The van der Waals surface area contributed by atoms with Gasteiger partial charge in [-0.15, -0.1) is 11.3 Å². The van der Waals surface area contributed by atoms with Gasteiger partial charge in [-0.25, -0.2) is 9.59 Å². The molecule has 1 aliphatic rings. The average molecular weight is 297 g/mol. The van der Waals surface area contributed by atoms with Gasteiger partial charge in [0, 0.05) is 11.4 Å². The summed E-state index contributed by atoms with van der Waals surface area (Å²) >= 11 is 1.37. The number of thiophene rings is 1. The zero-order chi connectivity index (χ0) is 15.1. The molecule has 2 rings (SSSR count). The molecule has 0 saturated heterocycles. The van der Waals surface area contributed by atoms with Gasteiger partial charge in [0.05, 0.1) is 0 Å². The van der Waals surface area contributed by atoms with Gasteiger partial charge in [-0.3, -0.25) is 4.90 Å². The van der Waals surface area contributed by atoms with Crippen molar-refractivity contribution in [3.05, 3.63) is 21.9 Å². The van der Waals surface area contributed by atoms with Crippen molar-refractivity contribution in [1.82, 2.24) is 4.90 Å². The number of ether oxygens (including phenoxy) is 1. The molecule has 6 heteroatoms. The van der Waals surface area contributed by atoms with E-state index in [0.717, 1.165) is 5.56 Å². The lowest BCUT2D eigenvalue weighted by Crippen LogP contribution is -2.56. The third kappa shape index (κ3) is 2.40. The van der Waals surface area contributed by atoms with E-state index in [9.17, 15) is 14.7 Å². The Morgan fingerprint density at radius 2 is 2.10 bits per heavy atom. The van der Waals surface area contributed by atoms with Crippen LogP contribution in [-0.4, -0.2) is 34.2 Å². The molecular formula is C14H19NO4S. The summed E-state index contributed by atoms with van der Waals surface area (Å²) in [6.07, 6.45) is 0.0717. The number of amides is 1. The number of aliphatic carboxylic acids is 1. The zero-order valence-corrected chi connectivity index (χ0v) is 12.9. The molecule has 1 aromatic heterocycles. The maximum Gasteiger partial charge on any atom is 0.411 e. The highest BCUT2D eigenvalue weighted by molar-refractivity contribution is 7.10. The molecule has 1 aliphatic heterocycles. The Morgan fingerprint density at radius 1 is 1.45 bits per heavy atom. The summed E-state index contributed by atoms with van der Waals surface area (Å²) in [5.74, 6) is -1.04. The van der Waals surface area contributed by atoms with E-state index in [2.05, 4.69) is 0 Å². The summed E-state index contributed by atoms with van der Waals surface area (Å²) in [4.78, 5) is 26.1. The molecule has 5 nitrogen and oxygen atoms in total. The Morgan fingerprint density at radius 3 is 2.65 bits per heavy atom. The molecule has 0 radical (unpaired) electrons. The number of carbonyl (C=O) groups excluding carboxylic acids is 1. The normalized spacial score (nSPS) is 22.3. The summed E-state index contributed by atoms with van der Waals surface area (Å²) in [7, 11) is 0. The van der Waals surface area contributed by atoms with Gasteiger partial charge in [0.15, 0.2) is 5.54 Å². The standard InChI is InChI=1S/C14H19NO4S/c1-13(2,3)19-12(18)15-7-5-9-6-8-20-10(9)14(15,4)11(16)17/h6,8H,5,7H2,1-4H3,(H,16,17). The Bertz CT molecular complexity index is 546. The Hall–Kier alpha value is -1.56. The number of carboxylic acids is 1.